The molecule has 20 heavy (non-hydrogen) atoms. The molecule has 1 saturated heterocycles. The summed E-state index contributed by atoms with van der Waals surface area (Å²) in [6, 6.07) is 8.14. The van der Waals surface area contributed by atoms with Crippen LogP contribution in [-0.4, -0.2) is 41.1 Å². The number of pyridine rings is 1. The molecule has 2 aromatic rings. The first-order chi connectivity index (χ1) is 9.86. The van der Waals surface area contributed by atoms with Crippen molar-refractivity contribution in [2.24, 2.45) is 0 Å². The Morgan fingerprint density at radius 2 is 1.70 bits per heavy atom. The molecular weight excluding hydrogens is 250 g/mol. The van der Waals surface area contributed by atoms with Crippen LogP contribution in [0.5, 0.6) is 0 Å². The fraction of sp³-hybridized carbons (Fsp3) is 0.400. The van der Waals surface area contributed by atoms with Gasteiger partial charge in [0, 0.05) is 44.1 Å². The van der Waals surface area contributed by atoms with E-state index in [9.17, 15) is 0 Å². The molecule has 3 heterocycles. The molecule has 5 heteroatoms. The molecule has 0 radical (unpaired) electrons. The predicted molar refractivity (Wildman–Crippen MR) is 80.1 cm³/mol. The van der Waals surface area contributed by atoms with E-state index in [4.69, 9.17) is 0 Å². The molecule has 0 aliphatic carbocycles. The van der Waals surface area contributed by atoms with Gasteiger partial charge in [0.25, 0.3) is 0 Å². The van der Waals surface area contributed by atoms with E-state index in [2.05, 4.69) is 43.8 Å². The normalized spacial score (nSPS) is 15.4. The van der Waals surface area contributed by atoms with Crippen molar-refractivity contribution in [2.45, 2.75) is 13.3 Å². The second kappa shape index (κ2) is 5.86. The molecular formula is C15H19N5. The highest BCUT2D eigenvalue weighted by molar-refractivity contribution is 5.44. The Morgan fingerprint density at radius 3 is 2.35 bits per heavy atom. The summed E-state index contributed by atoms with van der Waals surface area (Å²) in [6.07, 6.45) is 4.46. The average Bonchev–Trinajstić information content (AvgIpc) is 2.56. The van der Waals surface area contributed by atoms with E-state index in [-0.39, 0.29) is 0 Å². The summed E-state index contributed by atoms with van der Waals surface area (Å²) in [5.74, 6) is 2.10. The molecule has 0 N–H and O–H groups in total. The molecule has 1 aliphatic heterocycles. The lowest BCUT2D eigenvalue weighted by molar-refractivity contribution is 0.640. The van der Waals surface area contributed by atoms with Crippen LogP contribution in [0.3, 0.4) is 0 Å². The largest absolute Gasteiger partial charge is 0.353 e. The SMILES string of the molecule is CCc1cc(N2CCN(c3ccccn3)CC2)ncn1. The van der Waals surface area contributed by atoms with Crippen molar-refractivity contribution in [1.29, 1.82) is 0 Å². The minimum Gasteiger partial charge on any atom is -0.353 e. The zero-order valence-electron chi connectivity index (χ0n) is 11.7. The first kappa shape index (κ1) is 12.8. The number of hydrogen-bond acceptors (Lipinski definition) is 5. The molecule has 0 spiro atoms. The zero-order chi connectivity index (χ0) is 13.8. The van der Waals surface area contributed by atoms with Gasteiger partial charge in [-0.2, -0.15) is 0 Å². The Hall–Kier alpha value is -2.17. The molecule has 0 aromatic carbocycles. The van der Waals surface area contributed by atoms with Gasteiger partial charge in [-0.15, -0.1) is 0 Å². The van der Waals surface area contributed by atoms with Crippen LogP contribution in [0, 0.1) is 0 Å². The Bertz CT molecular complexity index is 549. The maximum absolute atomic E-state index is 4.41. The Balaban J connectivity index is 1.66. The standard InChI is InChI=1S/C15H19N5/c1-2-13-11-15(18-12-17-13)20-9-7-19(8-10-20)14-5-3-4-6-16-14/h3-6,11-12H,2,7-10H2,1H3. The van der Waals surface area contributed by atoms with Crippen LogP contribution in [-0.2, 0) is 6.42 Å². The van der Waals surface area contributed by atoms with Crippen molar-refractivity contribution >= 4 is 11.6 Å². The summed E-state index contributed by atoms with van der Waals surface area (Å²) >= 11 is 0. The quantitative estimate of drug-likeness (QED) is 0.849. The van der Waals surface area contributed by atoms with Gasteiger partial charge < -0.3 is 9.80 Å². The summed E-state index contributed by atoms with van der Waals surface area (Å²) < 4.78 is 0. The summed E-state index contributed by atoms with van der Waals surface area (Å²) in [5, 5.41) is 0. The molecule has 3 rings (SSSR count). The predicted octanol–water partition coefficient (Wildman–Crippen LogP) is 1.76. The number of anilines is 2. The minimum absolute atomic E-state index is 0.948. The molecule has 2 aromatic heterocycles. The van der Waals surface area contributed by atoms with Gasteiger partial charge in [0.2, 0.25) is 0 Å². The van der Waals surface area contributed by atoms with Crippen molar-refractivity contribution in [3.8, 4) is 0 Å². The van der Waals surface area contributed by atoms with E-state index < -0.39 is 0 Å². The third-order valence-corrected chi connectivity index (χ3v) is 3.65. The molecule has 0 unspecified atom stereocenters. The first-order valence-corrected chi connectivity index (χ1v) is 7.08. The van der Waals surface area contributed by atoms with Crippen molar-refractivity contribution in [3.05, 3.63) is 42.5 Å². The summed E-state index contributed by atoms with van der Waals surface area (Å²) in [7, 11) is 0. The number of piperazine rings is 1. The van der Waals surface area contributed by atoms with Gasteiger partial charge in [-0.05, 0) is 18.6 Å². The maximum Gasteiger partial charge on any atom is 0.132 e. The van der Waals surface area contributed by atoms with Crippen LogP contribution in [0.4, 0.5) is 11.6 Å². The minimum atomic E-state index is 0.948. The van der Waals surface area contributed by atoms with Gasteiger partial charge >= 0.3 is 0 Å². The van der Waals surface area contributed by atoms with Crippen LogP contribution < -0.4 is 9.80 Å². The van der Waals surface area contributed by atoms with Gasteiger partial charge in [-0.1, -0.05) is 13.0 Å². The van der Waals surface area contributed by atoms with Gasteiger partial charge in [-0.25, -0.2) is 15.0 Å². The number of aryl methyl sites for hydroxylation is 1. The molecule has 0 amide bonds. The molecule has 1 fully saturated rings. The van der Waals surface area contributed by atoms with E-state index in [1.807, 2.05) is 18.3 Å². The van der Waals surface area contributed by atoms with E-state index in [1.54, 1.807) is 6.33 Å². The second-order valence-electron chi connectivity index (χ2n) is 4.88. The summed E-state index contributed by atoms with van der Waals surface area (Å²) in [4.78, 5) is 17.7. The van der Waals surface area contributed by atoms with Crippen molar-refractivity contribution in [3.63, 3.8) is 0 Å². The van der Waals surface area contributed by atoms with E-state index >= 15 is 0 Å². The fourth-order valence-corrected chi connectivity index (χ4v) is 2.46. The monoisotopic (exact) mass is 269 g/mol. The average molecular weight is 269 g/mol. The molecule has 0 atom stereocenters. The number of nitrogens with zero attached hydrogens (tertiary/aromatic N) is 5. The van der Waals surface area contributed by atoms with E-state index in [0.717, 1.165) is 49.9 Å². The molecule has 0 bridgehead atoms. The Kier molecular flexibility index (Phi) is 3.76. The molecule has 1 aliphatic rings. The maximum atomic E-state index is 4.41. The van der Waals surface area contributed by atoms with Gasteiger partial charge in [0.05, 0.1) is 0 Å². The summed E-state index contributed by atoms with van der Waals surface area (Å²) in [5.41, 5.74) is 1.10. The van der Waals surface area contributed by atoms with Crippen molar-refractivity contribution in [1.82, 2.24) is 15.0 Å². The highest BCUT2D eigenvalue weighted by Crippen LogP contribution is 2.17. The Morgan fingerprint density at radius 1 is 0.950 bits per heavy atom. The van der Waals surface area contributed by atoms with Crippen molar-refractivity contribution in [2.75, 3.05) is 36.0 Å². The number of aromatic nitrogens is 3. The topological polar surface area (TPSA) is 45.2 Å². The third kappa shape index (κ3) is 2.71. The fourth-order valence-electron chi connectivity index (χ4n) is 2.46. The highest BCUT2D eigenvalue weighted by atomic mass is 15.3. The lowest BCUT2D eigenvalue weighted by Gasteiger charge is -2.36. The zero-order valence-corrected chi connectivity index (χ0v) is 11.7. The van der Waals surface area contributed by atoms with E-state index in [1.165, 1.54) is 0 Å². The van der Waals surface area contributed by atoms with Crippen LogP contribution >= 0.6 is 0 Å². The molecule has 0 saturated carbocycles. The smallest absolute Gasteiger partial charge is 0.132 e. The van der Waals surface area contributed by atoms with Crippen LogP contribution in [0.1, 0.15) is 12.6 Å². The van der Waals surface area contributed by atoms with Crippen LogP contribution in [0.25, 0.3) is 0 Å². The number of rotatable bonds is 3. The summed E-state index contributed by atoms with van der Waals surface area (Å²) in [6.45, 7) is 6.00. The first-order valence-electron chi connectivity index (χ1n) is 7.08. The van der Waals surface area contributed by atoms with Crippen LogP contribution in [0.2, 0.25) is 0 Å². The lowest BCUT2D eigenvalue weighted by atomic mass is 10.2. The highest BCUT2D eigenvalue weighted by Gasteiger charge is 2.19. The van der Waals surface area contributed by atoms with Gasteiger partial charge in [-0.3, -0.25) is 0 Å². The third-order valence-electron chi connectivity index (χ3n) is 3.65. The van der Waals surface area contributed by atoms with Crippen molar-refractivity contribution < 1.29 is 0 Å². The molecule has 104 valence electrons. The van der Waals surface area contributed by atoms with Crippen LogP contribution in [0.15, 0.2) is 36.8 Å². The Labute approximate surface area is 119 Å². The lowest BCUT2D eigenvalue weighted by Crippen LogP contribution is -2.47. The molecule has 5 nitrogen and oxygen atoms in total. The van der Waals surface area contributed by atoms with Gasteiger partial charge in [0.15, 0.2) is 0 Å². The van der Waals surface area contributed by atoms with E-state index in [0.29, 0.717) is 0 Å². The second-order valence-corrected chi connectivity index (χ2v) is 4.88. The van der Waals surface area contributed by atoms with Gasteiger partial charge in [0.1, 0.15) is 18.0 Å². The number of hydrogen-bond donors (Lipinski definition) is 0.